The number of urea groups is 1. The summed E-state index contributed by atoms with van der Waals surface area (Å²) in [7, 11) is 0. The van der Waals surface area contributed by atoms with E-state index in [-0.39, 0.29) is 11.8 Å². The molecule has 0 bridgehead atoms. The van der Waals surface area contributed by atoms with Gasteiger partial charge in [0.1, 0.15) is 11.6 Å². The summed E-state index contributed by atoms with van der Waals surface area (Å²) in [4.78, 5) is 26.7. The zero-order chi connectivity index (χ0) is 25.7. The summed E-state index contributed by atoms with van der Waals surface area (Å²) in [5.41, 5.74) is 0.509. The van der Waals surface area contributed by atoms with Crippen molar-refractivity contribution >= 4 is 17.7 Å². The van der Waals surface area contributed by atoms with E-state index >= 15 is 0 Å². The van der Waals surface area contributed by atoms with Gasteiger partial charge in [0.2, 0.25) is 0 Å². The number of benzene rings is 2. The van der Waals surface area contributed by atoms with Crippen LogP contribution in [0.1, 0.15) is 52.0 Å². The van der Waals surface area contributed by atoms with Crippen LogP contribution in [0.15, 0.2) is 61.2 Å². The first-order chi connectivity index (χ1) is 16.7. The molecule has 6 nitrogen and oxygen atoms in total. The van der Waals surface area contributed by atoms with Gasteiger partial charge in [0.15, 0.2) is 5.60 Å². The molecule has 0 aromatic heterocycles. The number of anilines is 1. The van der Waals surface area contributed by atoms with Crippen LogP contribution in [0.3, 0.4) is 0 Å². The van der Waals surface area contributed by atoms with Crippen molar-refractivity contribution in [1.82, 2.24) is 4.90 Å². The highest BCUT2D eigenvalue weighted by atomic mass is 19.1. The number of hydrogen-bond acceptors (Lipinski definition) is 4. The number of rotatable bonds is 14. The number of esters is 1. The number of nitrogens with zero attached hydrogens (tertiary/aromatic N) is 1. The summed E-state index contributed by atoms with van der Waals surface area (Å²) in [6.07, 6.45) is 6.46. The molecule has 2 amide bonds. The van der Waals surface area contributed by atoms with Gasteiger partial charge >= 0.3 is 12.0 Å². The van der Waals surface area contributed by atoms with Gasteiger partial charge in [-0.15, -0.1) is 6.58 Å². The Morgan fingerprint density at radius 2 is 1.71 bits per heavy atom. The molecule has 0 aliphatic carbocycles. The summed E-state index contributed by atoms with van der Waals surface area (Å²) in [5, 5.41) is 2.85. The average Bonchev–Trinajstić information content (AvgIpc) is 2.83. The minimum Gasteiger partial charge on any atom is -0.476 e. The number of halogens is 1. The third-order valence-corrected chi connectivity index (χ3v) is 5.45. The molecule has 2 aromatic carbocycles. The van der Waals surface area contributed by atoms with Crippen LogP contribution in [-0.4, -0.2) is 42.2 Å². The van der Waals surface area contributed by atoms with Gasteiger partial charge in [0.25, 0.3) is 0 Å². The summed E-state index contributed by atoms with van der Waals surface area (Å²) in [5.74, 6) is -0.194. The van der Waals surface area contributed by atoms with Crippen LogP contribution in [0.2, 0.25) is 0 Å². The van der Waals surface area contributed by atoms with E-state index in [9.17, 15) is 14.0 Å². The van der Waals surface area contributed by atoms with Gasteiger partial charge in [-0.05, 0) is 88.4 Å². The fourth-order valence-electron chi connectivity index (χ4n) is 3.45. The maximum Gasteiger partial charge on any atom is 0.349 e. The number of allylic oxidation sites excluding steroid dienone is 1. The van der Waals surface area contributed by atoms with Gasteiger partial charge in [-0.25, -0.2) is 14.0 Å². The third-order valence-electron chi connectivity index (χ3n) is 5.45. The molecule has 2 rings (SSSR count). The Morgan fingerprint density at radius 3 is 2.34 bits per heavy atom. The highest BCUT2D eigenvalue weighted by molar-refractivity contribution is 5.89. The number of hydrogen-bond donors (Lipinski definition) is 1. The lowest BCUT2D eigenvalue weighted by atomic mass is 10.1. The van der Waals surface area contributed by atoms with Crippen LogP contribution < -0.4 is 10.1 Å². The van der Waals surface area contributed by atoms with Crippen molar-refractivity contribution in [2.45, 2.75) is 58.5 Å². The minimum absolute atomic E-state index is 0.212. The molecule has 7 heteroatoms. The Hall–Kier alpha value is -3.35. The molecule has 0 fully saturated rings. The van der Waals surface area contributed by atoms with E-state index in [1.807, 2.05) is 30.3 Å². The van der Waals surface area contributed by atoms with Crippen LogP contribution in [0.25, 0.3) is 0 Å². The van der Waals surface area contributed by atoms with E-state index in [1.165, 1.54) is 12.1 Å². The minimum atomic E-state index is -1.08. The van der Waals surface area contributed by atoms with Crippen LogP contribution in [0.4, 0.5) is 14.9 Å². The number of carbonyl (C=O) groups excluding carboxylic acids is 2. The molecular weight excluding hydrogens is 447 g/mol. The number of nitrogens with one attached hydrogen (secondary N) is 1. The molecule has 0 saturated heterocycles. The number of carbonyl (C=O) groups is 2. The lowest BCUT2D eigenvalue weighted by molar-refractivity contribution is -0.158. The predicted molar refractivity (Wildman–Crippen MR) is 137 cm³/mol. The Balaban J connectivity index is 1.97. The Labute approximate surface area is 208 Å². The molecule has 1 N–H and O–H groups in total. The monoisotopic (exact) mass is 484 g/mol. The summed E-state index contributed by atoms with van der Waals surface area (Å²) in [6.45, 7) is 10.3. The SMILES string of the molecule is C=CCCCCCN(CCc1ccc(OC(C)(C)C(=O)OCC)cc1)C(=O)Nc1ccc(F)cc1. The molecule has 0 aliphatic rings. The molecule has 0 saturated carbocycles. The smallest absolute Gasteiger partial charge is 0.349 e. The lowest BCUT2D eigenvalue weighted by Gasteiger charge is -2.24. The second-order valence-corrected chi connectivity index (χ2v) is 8.79. The first-order valence-electron chi connectivity index (χ1n) is 12.1. The quantitative estimate of drug-likeness (QED) is 0.192. The largest absolute Gasteiger partial charge is 0.476 e. The molecule has 0 radical (unpaired) electrons. The fraction of sp³-hybridized carbons (Fsp3) is 0.429. The third kappa shape index (κ3) is 9.81. The van der Waals surface area contributed by atoms with Gasteiger partial charge in [-0.3, -0.25) is 0 Å². The van der Waals surface area contributed by atoms with Crippen LogP contribution in [0.5, 0.6) is 5.75 Å². The molecular formula is C28H37FN2O4. The number of ether oxygens (including phenoxy) is 2. The molecule has 190 valence electrons. The lowest BCUT2D eigenvalue weighted by Crippen LogP contribution is -2.39. The Bertz CT molecular complexity index is 942. The standard InChI is InChI=1S/C28H37FN2O4/c1-5-7-8-9-10-20-31(27(33)30-24-15-13-23(29)14-16-24)21-19-22-11-17-25(18-12-22)35-28(3,4)26(32)34-6-2/h5,11-18H,1,6-10,19-21H2,2-4H3,(H,30,33). The van der Waals surface area contributed by atoms with E-state index in [0.717, 1.165) is 31.2 Å². The summed E-state index contributed by atoms with van der Waals surface area (Å²) in [6, 6.07) is 13.0. The second kappa shape index (κ2) is 14.1. The summed E-state index contributed by atoms with van der Waals surface area (Å²) < 4.78 is 24.1. The van der Waals surface area contributed by atoms with Crippen molar-refractivity contribution in [2.75, 3.05) is 25.0 Å². The molecule has 35 heavy (non-hydrogen) atoms. The second-order valence-electron chi connectivity index (χ2n) is 8.79. The first kappa shape index (κ1) is 27.9. The van der Waals surface area contributed by atoms with Crippen LogP contribution in [-0.2, 0) is 16.0 Å². The van der Waals surface area contributed by atoms with E-state index in [4.69, 9.17) is 9.47 Å². The van der Waals surface area contributed by atoms with Crippen molar-refractivity contribution in [3.63, 3.8) is 0 Å². The predicted octanol–water partition coefficient (Wildman–Crippen LogP) is 6.37. The van der Waals surface area contributed by atoms with Crippen LogP contribution >= 0.6 is 0 Å². The van der Waals surface area contributed by atoms with Gasteiger partial charge in [-0.2, -0.15) is 0 Å². The molecule has 0 heterocycles. The average molecular weight is 485 g/mol. The van der Waals surface area contributed by atoms with Crippen LogP contribution in [0, 0.1) is 5.82 Å². The first-order valence-corrected chi connectivity index (χ1v) is 12.1. The van der Waals surface area contributed by atoms with E-state index in [1.54, 1.807) is 37.8 Å². The van der Waals surface area contributed by atoms with Gasteiger partial charge in [-0.1, -0.05) is 24.6 Å². The van der Waals surface area contributed by atoms with Crippen molar-refractivity contribution in [1.29, 1.82) is 0 Å². The van der Waals surface area contributed by atoms with Gasteiger partial charge < -0.3 is 19.7 Å². The maximum atomic E-state index is 13.2. The van der Waals surface area contributed by atoms with E-state index < -0.39 is 11.6 Å². The van der Waals surface area contributed by atoms with Gasteiger partial charge in [0, 0.05) is 18.8 Å². The summed E-state index contributed by atoms with van der Waals surface area (Å²) >= 11 is 0. The normalized spacial score (nSPS) is 11.0. The zero-order valence-electron chi connectivity index (χ0n) is 21.0. The molecule has 0 spiro atoms. The molecule has 0 aliphatic heterocycles. The Morgan fingerprint density at radius 1 is 1.03 bits per heavy atom. The molecule has 0 unspecified atom stereocenters. The highest BCUT2D eigenvalue weighted by Crippen LogP contribution is 2.21. The van der Waals surface area contributed by atoms with Gasteiger partial charge in [0.05, 0.1) is 6.61 Å². The topological polar surface area (TPSA) is 67.9 Å². The van der Waals surface area contributed by atoms with Crippen molar-refractivity contribution in [3.8, 4) is 5.75 Å². The van der Waals surface area contributed by atoms with Crippen molar-refractivity contribution in [3.05, 3.63) is 72.6 Å². The highest BCUT2D eigenvalue weighted by Gasteiger charge is 2.31. The zero-order valence-corrected chi connectivity index (χ0v) is 21.0. The van der Waals surface area contributed by atoms with E-state index in [0.29, 0.717) is 37.6 Å². The van der Waals surface area contributed by atoms with Crippen molar-refractivity contribution in [2.24, 2.45) is 0 Å². The maximum absolute atomic E-state index is 13.2. The van der Waals surface area contributed by atoms with Crippen molar-refractivity contribution < 1.29 is 23.5 Å². The number of unbranched alkanes of at least 4 members (excludes halogenated alkanes) is 3. The fourth-order valence-corrected chi connectivity index (χ4v) is 3.45. The Kier molecular flexibility index (Phi) is 11.3. The van der Waals surface area contributed by atoms with E-state index in [2.05, 4.69) is 11.9 Å². The molecule has 0 atom stereocenters. The number of amides is 2. The molecule has 2 aromatic rings.